The quantitative estimate of drug-likeness (QED) is 0.537. The Labute approximate surface area is 148 Å². The maximum absolute atomic E-state index is 12.0. The van der Waals surface area contributed by atoms with Crippen molar-refractivity contribution in [1.29, 1.82) is 0 Å². The molecule has 2 aromatic carbocycles. The van der Waals surface area contributed by atoms with Gasteiger partial charge in [0.15, 0.2) is 5.78 Å². The number of nitrogens with zero attached hydrogens (tertiary/aromatic N) is 2. The van der Waals surface area contributed by atoms with E-state index in [9.17, 15) is 9.59 Å². The number of benzene rings is 2. The fraction of sp³-hybridized carbons (Fsp3) is 0.111. The smallest absolute Gasteiger partial charge is 0.277 e. The molecule has 0 aliphatic rings. The number of carbonyl (C=O) groups is 2. The van der Waals surface area contributed by atoms with Crippen LogP contribution in [0, 0.1) is 0 Å². The van der Waals surface area contributed by atoms with Crippen LogP contribution < -0.4 is 5.32 Å². The summed E-state index contributed by atoms with van der Waals surface area (Å²) < 4.78 is 5.54. The van der Waals surface area contributed by atoms with E-state index in [4.69, 9.17) is 4.42 Å². The normalized spacial score (nSPS) is 10.4. The first-order valence-corrected chi connectivity index (χ1v) is 8.53. The Hall–Kier alpha value is -2.93. The first-order valence-electron chi connectivity index (χ1n) is 7.54. The van der Waals surface area contributed by atoms with E-state index in [0.717, 1.165) is 17.3 Å². The van der Waals surface area contributed by atoms with Crippen molar-refractivity contribution < 1.29 is 14.0 Å². The molecule has 7 heteroatoms. The van der Waals surface area contributed by atoms with Crippen LogP contribution in [0.4, 0.5) is 5.69 Å². The summed E-state index contributed by atoms with van der Waals surface area (Å²) in [5.41, 5.74) is 1.95. The number of rotatable bonds is 6. The molecule has 1 heterocycles. The van der Waals surface area contributed by atoms with Crippen molar-refractivity contribution in [3.05, 3.63) is 60.2 Å². The lowest BCUT2D eigenvalue weighted by molar-refractivity contribution is -0.113. The first-order chi connectivity index (χ1) is 12.1. The van der Waals surface area contributed by atoms with Gasteiger partial charge in [-0.1, -0.05) is 42.1 Å². The lowest BCUT2D eigenvalue weighted by Crippen LogP contribution is -2.14. The second kappa shape index (κ2) is 7.76. The van der Waals surface area contributed by atoms with Crippen LogP contribution in [0.2, 0.25) is 0 Å². The van der Waals surface area contributed by atoms with Crippen LogP contribution in [0.5, 0.6) is 0 Å². The molecule has 0 aliphatic heterocycles. The van der Waals surface area contributed by atoms with Crippen LogP contribution in [0.15, 0.2) is 64.2 Å². The van der Waals surface area contributed by atoms with Gasteiger partial charge in [0.2, 0.25) is 11.8 Å². The summed E-state index contributed by atoms with van der Waals surface area (Å²) in [6, 6.07) is 16.2. The molecule has 0 spiro atoms. The third-order valence-corrected chi connectivity index (χ3v) is 4.13. The fourth-order valence-corrected chi connectivity index (χ4v) is 2.67. The lowest BCUT2D eigenvalue weighted by Gasteiger charge is -2.05. The molecule has 25 heavy (non-hydrogen) atoms. The third-order valence-electron chi connectivity index (χ3n) is 3.31. The van der Waals surface area contributed by atoms with Crippen LogP contribution in [-0.4, -0.2) is 27.6 Å². The summed E-state index contributed by atoms with van der Waals surface area (Å²) in [4.78, 5) is 23.4. The Morgan fingerprint density at radius 3 is 2.64 bits per heavy atom. The number of aromatic nitrogens is 2. The Morgan fingerprint density at radius 2 is 1.88 bits per heavy atom. The van der Waals surface area contributed by atoms with Crippen LogP contribution in [0.3, 0.4) is 0 Å². The van der Waals surface area contributed by atoms with Crippen LogP contribution in [0.25, 0.3) is 11.5 Å². The highest BCUT2D eigenvalue weighted by Crippen LogP contribution is 2.23. The van der Waals surface area contributed by atoms with Crippen LogP contribution in [-0.2, 0) is 4.79 Å². The third kappa shape index (κ3) is 4.54. The molecule has 1 aromatic heterocycles. The zero-order valence-electron chi connectivity index (χ0n) is 13.4. The van der Waals surface area contributed by atoms with E-state index in [2.05, 4.69) is 15.5 Å². The molecule has 3 aromatic rings. The van der Waals surface area contributed by atoms with E-state index in [1.165, 1.54) is 6.92 Å². The molecular formula is C18H15N3O3S. The number of amides is 1. The molecule has 0 aliphatic carbocycles. The van der Waals surface area contributed by atoms with Crippen molar-refractivity contribution in [3.8, 4) is 11.5 Å². The Morgan fingerprint density at radius 1 is 1.08 bits per heavy atom. The van der Waals surface area contributed by atoms with E-state index in [0.29, 0.717) is 22.4 Å². The number of nitrogens with one attached hydrogen (secondary N) is 1. The van der Waals surface area contributed by atoms with Gasteiger partial charge in [-0.15, -0.1) is 10.2 Å². The summed E-state index contributed by atoms with van der Waals surface area (Å²) in [6.07, 6.45) is 0. The highest BCUT2D eigenvalue weighted by Gasteiger charge is 2.11. The van der Waals surface area contributed by atoms with Crippen molar-refractivity contribution in [1.82, 2.24) is 10.2 Å². The van der Waals surface area contributed by atoms with E-state index in [1.54, 1.807) is 24.3 Å². The SMILES string of the molecule is CC(=O)c1cccc(NC(=O)CSc2nnc(-c3ccccc3)o2)c1. The van der Waals surface area contributed by atoms with Gasteiger partial charge < -0.3 is 9.73 Å². The predicted molar refractivity (Wildman–Crippen MR) is 95.5 cm³/mol. The number of carbonyl (C=O) groups excluding carboxylic acids is 2. The summed E-state index contributed by atoms with van der Waals surface area (Å²) in [7, 11) is 0. The minimum Gasteiger partial charge on any atom is -0.411 e. The number of hydrogen-bond acceptors (Lipinski definition) is 6. The Kier molecular flexibility index (Phi) is 5.25. The zero-order chi connectivity index (χ0) is 17.6. The number of thioether (sulfide) groups is 1. The standard InChI is InChI=1S/C18H15N3O3S/c1-12(22)14-8-5-9-15(10-14)19-16(23)11-25-18-21-20-17(24-18)13-6-3-2-4-7-13/h2-10H,11H2,1H3,(H,19,23). The highest BCUT2D eigenvalue weighted by molar-refractivity contribution is 7.99. The minimum atomic E-state index is -0.217. The van der Waals surface area contributed by atoms with E-state index >= 15 is 0 Å². The molecule has 0 fully saturated rings. The van der Waals surface area contributed by atoms with Gasteiger partial charge in [-0.2, -0.15) is 0 Å². The molecule has 0 bridgehead atoms. The zero-order valence-corrected chi connectivity index (χ0v) is 14.2. The minimum absolute atomic E-state index is 0.0511. The molecule has 1 N–H and O–H groups in total. The maximum atomic E-state index is 12.0. The molecule has 1 amide bonds. The van der Waals surface area contributed by atoms with Crippen molar-refractivity contribution in [2.24, 2.45) is 0 Å². The molecule has 0 atom stereocenters. The monoisotopic (exact) mass is 353 g/mol. The fourth-order valence-electron chi connectivity index (χ4n) is 2.11. The molecule has 0 unspecified atom stereocenters. The first kappa shape index (κ1) is 16.9. The molecular weight excluding hydrogens is 338 g/mol. The average Bonchev–Trinajstić information content (AvgIpc) is 3.10. The Bertz CT molecular complexity index is 893. The molecule has 126 valence electrons. The van der Waals surface area contributed by atoms with Gasteiger partial charge in [0.1, 0.15) is 0 Å². The second-order valence-corrected chi connectivity index (χ2v) is 6.14. The lowest BCUT2D eigenvalue weighted by atomic mass is 10.1. The van der Waals surface area contributed by atoms with E-state index < -0.39 is 0 Å². The molecule has 0 radical (unpaired) electrons. The van der Waals surface area contributed by atoms with E-state index in [1.807, 2.05) is 30.3 Å². The van der Waals surface area contributed by atoms with Crippen LogP contribution >= 0.6 is 11.8 Å². The highest BCUT2D eigenvalue weighted by atomic mass is 32.2. The summed E-state index contributed by atoms with van der Waals surface area (Å²) in [6.45, 7) is 1.48. The molecule has 0 saturated heterocycles. The van der Waals surface area contributed by atoms with Crippen molar-refractivity contribution in [3.63, 3.8) is 0 Å². The number of anilines is 1. The van der Waals surface area contributed by atoms with E-state index in [-0.39, 0.29) is 17.4 Å². The number of Topliss-reactive ketones (excluding diaryl/α,β-unsaturated/α-hetero) is 1. The van der Waals surface area contributed by atoms with Crippen molar-refractivity contribution >= 4 is 29.1 Å². The van der Waals surface area contributed by atoms with Gasteiger partial charge in [0, 0.05) is 16.8 Å². The van der Waals surface area contributed by atoms with Crippen LogP contribution in [0.1, 0.15) is 17.3 Å². The molecule has 6 nitrogen and oxygen atoms in total. The summed E-state index contributed by atoms with van der Waals surface area (Å²) in [5, 5.41) is 11.0. The average molecular weight is 353 g/mol. The number of hydrogen-bond donors (Lipinski definition) is 1. The predicted octanol–water partition coefficient (Wildman–Crippen LogP) is 3.67. The molecule has 0 saturated carbocycles. The van der Waals surface area contributed by atoms with Gasteiger partial charge >= 0.3 is 0 Å². The Balaban J connectivity index is 1.57. The number of ketones is 1. The molecule has 3 rings (SSSR count). The summed E-state index contributed by atoms with van der Waals surface area (Å²) >= 11 is 1.15. The van der Waals surface area contributed by atoms with Crippen molar-refractivity contribution in [2.75, 3.05) is 11.1 Å². The van der Waals surface area contributed by atoms with Gasteiger partial charge in [-0.3, -0.25) is 9.59 Å². The topological polar surface area (TPSA) is 85.1 Å². The second-order valence-electron chi connectivity index (χ2n) is 5.21. The van der Waals surface area contributed by atoms with Gasteiger partial charge in [-0.25, -0.2) is 0 Å². The van der Waals surface area contributed by atoms with Crippen molar-refractivity contribution in [2.45, 2.75) is 12.1 Å². The van der Waals surface area contributed by atoms with Gasteiger partial charge in [0.05, 0.1) is 5.75 Å². The summed E-state index contributed by atoms with van der Waals surface area (Å²) in [5.74, 6) is 0.272. The largest absolute Gasteiger partial charge is 0.411 e. The van der Waals surface area contributed by atoms with Gasteiger partial charge in [-0.05, 0) is 31.2 Å². The maximum Gasteiger partial charge on any atom is 0.277 e. The van der Waals surface area contributed by atoms with Gasteiger partial charge in [0.25, 0.3) is 5.22 Å².